The molecule has 0 aliphatic heterocycles. The van der Waals surface area contributed by atoms with Crippen LogP contribution in [0.5, 0.6) is 0 Å². The van der Waals surface area contributed by atoms with Gasteiger partial charge in [0.15, 0.2) is 0 Å². The number of hydrogen-bond donors (Lipinski definition) is 1. The van der Waals surface area contributed by atoms with Crippen LogP contribution in [-0.2, 0) is 4.79 Å². The number of carbonyl (C=O) groups is 1. The van der Waals surface area contributed by atoms with Gasteiger partial charge in [-0.05, 0) is 25.7 Å². The summed E-state index contributed by atoms with van der Waals surface area (Å²) in [4.78, 5) is 11.4. The lowest BCUT2D eigenvalue weighted by Gasteiger charge is -2.11. The van der Waals surface area contributed by atoms with Gasteiger partial charge >= 0.3 is 0 Å². The van der Waals surface area contributed by atoms with Crippen molar-refractivity contribution in [2.75, 3.05) is 0 Å². The van der Waals surface area contributed by atoms with Crippen molar-refractivity contribution in [3.05, 3.63) is 0 Å². The molecular weight excluding hydrogens is 162 g/mol. The van der Waals surface area contributed by atoms with Crippen LogP contribution < -0.4 is 5.32 Å². The van der Waals surface area contributed by atoms with Crippen molar-refractivity contribution in [1.82, 2.24) is 5.32 Å². The molecule has 72 valence electrons. The molecule has 1 aliphatic rings. The smallest absolute Gasteiger partial charge is 0.221 e. The van der Waals surface area contributed by atoms with Gasteiger partial charge in [-0.25, -0.2) is 0 Å². The number of amides is 1. The molecule has 2 nitrogen and oxygen atoms in total. The van der Waals surface area contributed by atoms with Gasteiger partial charge in [0.25, 0.3) is 0 Å². The number of terminal acetylenes is 1. The first-order chi connectivity index (χ1) is 6.22. The van der Waals surface area contributed by atoms with Gasteiger partial charge in [0.05, 0.1) is 6.04 Å². The van der Waals surface area contributed by atoms with Gasteiger partial charge in [0.2, 0.25) is 5.91 Å². The molecule has 0 aromatic rings. The maximum Gasteiger partial charge on any atom is 0.221 e. The Balaban J connectivity index is 2.21. The molecule has 1 aliphatic carbocycles. The molecule has 0 bridgehead atoms. The molecule has 1 saturated carbocycles. The summed E-state index contributed by atoms with van der Waals surface area (Å²) in [5.41, 5.74) is 0. The van der Waals surface area contributed by atoms with Crippen molar-refractivity contribution < 1.29 is 4.79 Å². The molecule has 2 heteroatoms. The van der Waals surface area contributed by atoms with Crippen LogP contribution in [0.3, 0.4) is 0 Å². The average molecular weight is 179 g/mol. The average Bonchev–Trinajstić information content (AvgIpc) is 2.56. The van der Waals surface area contributed by atoms with E-state index < -0.39 is 0 Å². The third kappa shape index (κ3) is 3.50. The Hall–Kier alpha value is -0.970. The summed E-state index contributed by atoms with van der Waals surface area (Å²) in [5.74, 6) is 3.20. The molecule has 0 aromatic carbocycles. The molecular formula is C11H17NO. The van der Waals surface area contributed by atoms with Crippen molar-refractivity contribution in [3.8, 4) is 12.3 Å². The number of nitrogens with one attached hydrogen (secondary N) is 1. The van der Waals surface area contributed by atoms with Crippen molar-refractivity contribution in [1.29, 1.82) is 0 Å². The number of rotatable bonds is 3. The predicted molar refractivity (Wildman–Crippen MR) is 53.0 cm³/mol. The molecule has 13 heavy (non-hydrogen) atoms. The molecule has 1 unspecified atom stereocenters. The Morgan fingerprint density at radius 2 is 2.23 bits per heavy atom. The second-order valence-corrected chi connectivity index (χ2v) is 3.81. The zero-order valence-electron chi connectivity index (χ0n) is 8.18. The quantitative estimate of drug-likeness (QED) is 0.656. The van der Waals surface area contributed by atoms with Crippen molar-refractivity contribution >= 4 is 5.91 Å². The minimum Gasteiger partial charge on any atom is -0.343 e. The summed E-state index contributed by atoms with van der Waals surface area (Å²) in [6.45, 7) is 1.83. The standard InChI is InChI=1S/C11H17NO/c1-3-9(2)12-11(13)8-10-6-4-5-7-10/h1,9-10H,4-8H2,2H3,(H,12,13). The molecule has 1 fully saturated rings. The van der Waals surface area contributed by atoms with E-state index in [4.69, 9.17) is 6.42 Å². The largest absolute Gasteiger partial charge is 0.343 e. The maximum atomic E-state index is 11.4. The van der Waals surface area contributed by atoms with Crippen LogP contribution in [0.1, 0.15) is 39.0 Å². The highest BCUT2D eigenvalue weighted by Crippen LogP contribution is 2.27. The van der Waals surface area contributed by atoms with Gasteiger partial charge in [-0.15, -0.1) is 6.42 Å². The van der Waals surface area contributed by atoms with Gasteiger partial charge in [-0.1, -0.05) is 18.8 Å². The van der Waals surface area contributed by atoms with E-state index in [9.17, 15) is 4.79 Å². The Kier molecular flexibility index (Phi) is 3.82. The molecule has 0 radical (unpaired) electrons. The van der Waals surface area contributed by atoms with E-state index in [0.29, 0.717) is 12.3 Å². The van der Waals surface area contributed by atoms with E-state index in [1.165, 1.54) is 25.7 Å². The highest BCUT2D eigenvalue weighted by Gasteiger charge is 2.18. The lowest BCUT2D eigenvalue weighted by Crippen LogP contribution is -2.32. The molecule has 1 atom stereocenters. The van der Waals surface area contributed by atoms with E-state index >= 15 is 0 Å². The molecule has 1 amide bonds. The molecule has 0 spiro atoms. The fourth-order valence-corrected chi connectivity index (χ4v) is 1.82. The van der Waals surface area contributed by atoms with E-state index in [2.05, 4.69) is 11.2 Å². The minimum absolute atomic E-state index is 0.109. The molecule has 1 rings (SSSR count). The summed E-state index contributed by atoms with van der Waals surface area (Å²) in [6, 6.07) is -0.131. The third-order valence-corrected chi connectivity index (χ3v) is 2.58. The monoisotopic (exact) mass is 179 g/mol. The van der Waals surface area contributed by atoms with Gasteiger partial charge in [0, 0.05) is 6.42 Å². The zero-order chi connectivity index (χ0) is 9.68. The van der Waals surface area contributed by atoms with Crippen LogP contribution >= 0.6 is 0 Å². The summed E-state index contributed by atoms with van der Waals surface area (Å²) in [7, 11) is 0. The second kappa shape index (κ2) is 4.91. The SMILES string of the molecule is C#CC(C)NC(=O)CC1CCCC1. The number of carbonyl (C=O) groups excluding carboxylic acids is 1. The van der Waals surface area contributed by atoms with Gasteiger partial charge in [-0.3, -0.25) is 4.79 Å². The lowest BCUT2D eigenvalue weighted by molar-refractivity contribution is -0.122. The maximum absolute atomic E-state index is 11.4. The van der Waals surface area contributed by atoms with E-state index in [-0.39, 0.29) is 11.9 Å². The zero-order valence-corrected chi connectivity index (χ0v) is 8.18. The van der Waals surface area contributed by atoms with Crippen LogP contribution in [0.4, 0.5) is 0 Å². The van der Waals surface area contributed by atoms with Crippen LogP contribution in [0.25, 0.3) is 0 Å². The lowest BCUT2D eigenvalue weighted by atomic mass is 10.0. The van der Waals surface area contributed by atoms with Crippen molar-refractivity contribution in [3.63, 3.8) is 0 Å². The van der Waals surface area contributed by atoms with Crippen LogP contribution in [0.2, 0.25) is 0 Å². The number of hydrogen-bond acceptors (Lipinski definition) is 1. The fourth-order valence-electron chi connectivity index (χ4n) is 1.82. The first-order valence-electron chi connectivity index (χ1n) is 4.98. The van der Waals surface area contributed by atoms with E-state index in [1.807, 2.05) is 6.92 Å². The summed E-state index contributed by atoms with van der Waals surface area (Å²) in [6.07, 6.45) is 10.8. The van der Waals surface area contributed by atoms with Crippen molar-refractivity contribution in [2.45, 2.75) is 45.1 Å². The molecule has 0 heterocycles. The third-order valence-electron chi connectivity index (χ3n) is 2.58. The van der Waals surface area contributed by atoms with Gasteiger partial charge < -0.3 is 5.32 Å². The highest BCUT2D eigenvalue weighted by atomic mass is 16.1. The topological polar surface area (TPSA) is 29.1 Å². The van der Waals surface area contributed by atoms with E-state index in [1.54, 1.807) is 0 Å². The highest BCUT2D eigenvalue weighted by molar-refractivity contribution is 5.76. The summed E-state index contributed by atoms with van der Waals surface area (Å²) in [5, 5.41) is 2.78. The Bertz CT molecular complexity index is 211. The van der Waals surface area contributed by atoms with Crippen molar-refractivity contribution in [2.24, 2.45) is 5.92 Å². The van der Waals surface area contributed by atoms with Gasteiger partial charge in [-0.2, -0.15) is 0 Å². The first kappa shape index (κ1) is 10.1. The minimum atomic E-state index is -0.131. The van der Waals surface area contributed by atoms with Crippen LogP contribution in [0, 0.1) is 18.3 Å². The van der Waals surface area contributed by atoms with E-state index in [0.717, 1.165) is 0 Å². The predicted octanol–water partition coefficient (Wildman–Crippen LogP) is 1.70. The second-order valence-electron chi connectivity index (χ2n) is 3.81. The Morgan fingerprint density at radius 1 is 1.62 bits per heavy atom. The molecule has 1 N–H and O–H groups in total. The van der Waals surface area contributed by atoms with Crippen LogP contribution in [0.15, 0.2) is 0 Å². The first-order valence-corrected chi connectivity index (χ1v) is 4.98. The Labute approximate surface area is 80.1 Å². The summed E-state index contributed by atoms with van der Waals surface area (Å²) < 4.78 is 0. The Morgan fingerprint density at radius 3 is 2.77 bits per heavy atom. The normalized spacial score (nSPS) is 19.4. The molecule has 0 aromatic heterocycles. The van der Waals surface area contributed by atoms with Gasteiger partial charge in [0.1, 0.15) is 0 Å². The fraction of sp³-hybridized carbons (Fsp3) is 0.727. The molecule has 0 saturated heterocycles. The summed E-state index contributed by atoms with van der Waals surface area (Å²) >= 11 is 0. The van der Waals surface area contributed by atoms with Crippen LogP contribution in [-0.4, -0.2) is 11.9 Å².